The molecule has 2 atom stereocenters. The van der Waals surface area contributed by atoms with Crippen LogP contribution in [0.2, 0.25) is 0 Å². The van der Waals surface area contributed by atoms with Crippen LogP contribution < -0.4 is 0 Å². The maximum absolute atomic E-state index is 8.88. The van der Waals surface area contributed by atoms with Crippen molar-refractivity contribution in [3.63, 3.8) is 0 Å². The van der Waals surface area contributed by atoms with Crippen LogP contribution in [0.4, 0.5) is 0 Å². The molecule has 0 aromatic carbocycles. The van der Waals surface area contributed by atoms with Crippen molar-refractivity contribution >= 4 is 0 Å². The first-order valence-electron chi connectivity index (χ1n) is 4.46. The molecule has 0 spiro atoms. The van der Waals surface area contributed by atoms with Crippen molar-refractivity contribution in [2.24, 2.45) is 0 Å². The summed E-state index contributed by atoms with van der Waals surface area (Å²) in [6, 6.07) is 0. The van der Waals surface area contributed by atoms with Crippen LogP contribution in [-0.2, 0) is 0 Å². The molecule has 3 nitrogen and oxygen atoms in total. The van der Waals surface area contributed by atoms with Crippen molar-refractivity contribution in [2.75, 3.05) is 0 Å². The van der Waals surface area contributed by atoms with E-state index in [0.29, 0.717) is 6.42 Å². The number of hydrogen-bond donors (Lipinski definition) is 3. The Morgan fingerprint density at radius 1 is 1.00 bits per heavy atom. The molecule has 0 saturated carbocycles. The van der Waals surface area contributed by atoms with Gasteiger partial charge in [0.15, 0.2) is 0 Å². The van der Waals surface area contributed by atoms with Gasteiger partial charge in [-0.05, 0) is 27.2 Å². The van der Waals surface area contributed by atoms with Crippen molar-refractivity contribution in [1.29, 1.82) is 0 Å². The van der Waals surface area contributed by atoms with Crippen LogP contribution in [-0.4, -0.2) is 33.6 Å². The van der Waals surface area contributed by atoms with Crippen LogP contribution in [0.1, 0.15) is 40.5 Å². The minimum Gasteiger partial charge on any atom is -0.394 e. The largest absolute Gasteiger partial charge is 0.394 e. The Hall–Kier alpha value is -0.120. The van der Waals surface area contributed by atoms with E-state index in [4.69, 9.17) is 15.3 Å². The highest BCUT2D eigenvalue weighted by Crippen LogP contribution is 1.99. The van der Waals surface area contributed by atoms with Crippen LogP contribution in [0.3, 0.4) is 0 Å². The van der Waals surface area contributed by atoms with Crippen molar-refractivity contribution in [1.82, 2.24) is 0 Å². The lowest BCUT2D eigenvalue weighted by Gasteiger charge is -2.10. The third-order valence-corrected chi connectivity index (χ3v) is 1.14. The van der Waals surface area contributed by atoms with E-state index in [1.54, 1.807) is 20.8 Å². The smallest absolute Gasteiger partial charge is 0.0796 e. The van der Waals surface area contributed by atoms with E-state index >= 15 is 0 Å². The van der Waals surface area contributed by atoms with E-state index in [0.717, 1.165) is 6.42 Å². The fourth-order valence-corrected chi connectivity index (χ4v) is 0.537. The topological polar surface area (TPSA) is 60.7 Å². The molecule has 3 N–H and O–H groups in total. The Balaban J connectivity index is 0. The average Bonchev–Trinajstić information content (AvgIpc) is 1.86. The van der Waals surface area contributed by atoms with Crippen LogP contribution in [0.5, 0.6) is 0 Å². The third kappa shape index (κ3) is 16.5. The normalized spacial score (nSPS) is 15.0. The Morgan fingerprint density at radius 3 is 1.42 bits per heavy atom. The summed E-state index contributed by atoms with van der Waals surface area (Å²) in [5.74, 6) is 0. The Kier molecular flexibility index (Phi) is 10.8. The molecular formula is C9H22O3. The van der Waals surface area contributed by atoms with Crippen molar-refractivity contribution in [3.8, 4) is 0 Å². The summed E-state index contributed by atoms with van der Waals surface area (Å²) in [5, 5.41) is 25.6. The predicted molar refractivity (Wildman–Crippen MR) is 50.0 cm³/mol. The average molecular weight is 178 g/mol. The quantitative estimate of drug-likeness (QED) is 0.602. The second-order valence-electron chi connectivity index (χ2n) is 3.19. The summed E-state index contributed by atoms with van der Waals surface area (Å²) >= 11 is 0. The zero-order valence-electron chi connectivity index (χ0n) is 8.49. The van der Waals surface area contributed by atoms with E-state index in [-0.39, 0.29) is 6.10 Å². The van der Waals surface area contributed by atoms with Gasteiger partial charge >= 0.3 is 0 Å². The van der Waals surface area contributed by atoms with Crippen LogP contribution in [0.15, 0.2) is 0 Å². The Morgan fingerprint density at radius 2 is 1.33 bits per heavy atom. The molecule has 0 heterocycles. The second kappa shape index (κ2) is 8.97. The highest BCUT2D eigenvalue weighted by molar-refractivity contribution is 4.59. The minimum absolute atomic E-state index is 0.167. The molecule has 12 heavy (non-hydrogen) atoms. The summed E-state index contributed by atoms with van der Waals surface area (Å²) in [7, 11) is 0. The van der Waals surface area contributed by atoms with Gasteiger partial charge in [-0.25, -0.2) is 0 Å². The van der Waals surface area contributed by atoms with E-state index in [2.05, 4.69) is 0 Å². The summed E-state index contributed by atoms with van der Waals surface area (Å²) in [6.07, 6.45) is 0.346. The molecule has 3 heteroatoms. The summed E-state index contributed by atoms with van der Waals surface area (Å²) in [4.78, 5) is 0. The van der Waals surface area contributed by atoms with E-state index < -0.39 is 12.2 Å². The van der Waals surface area contributed by atoms with Gasteiger partial charge < -0.3 is 15.3 Å². The van der Waals surface area contributed by atoms with Gasteiger partial charge in [0.25, 0.3) is 0 Å². The third-order valence-electron chi connectivity index (χ3n) is 1.14. The lowest BCUT2D eigenvalue weighted by Crippen LogP contribution is -2.21. The maximum atomic E-state index is 8.88. The Bertz CT molecular complexity index is 79.1. The van der Waals surface area contributed by atoms with Crippen LogP contribution in [0, 0.1) is 0 Å². The predicted octanol–water partition coefficient (Wildman–Crippen LogP) is 0.915. The summed E-state index contributed by atoms with van der Waals surface area (Å²) in [5.41, 5.74) is 0. The fourth-order valence-electron chi connectivity index (χ4n) is 0.537. The number of hydrogen-bond acceptors (Lipinski definition) is 3. The zero-order valence-corrected chi connectivity index (χ0v) is 8.49. The first-order valence-corrected chi connectivity index (χ1v) is 4.46. The first kappa shape index (κ1) is 14.4. The molecule has 0 rings (SSSR count). The molecule has 0 radical (unpaired) electrons. The van der Waals surface area contributed by atoms with Gasteiger partial charge in [0.2, 0.25) is 0 Å². The molecule has 0 fully saturated rings. The highest BCUT2D eigenvalue weighted by Gasteiger charge is 2.07. The van der Waals surface area contributed by atoms with Gasteiger partial charge in [-0.2, -0.15) is 0 Å². The molecule has 0 aromatic rings. The van der Waals surface area contributed by atoms with Crippen LogP contribution in [0.25, 0.3) is 0 Å². The molecule has 0 aromatic heterocycles. The lowest BCUT2D eigenvalue weighted by molar-refractivity contribution is 0.0259. The Labute approximate surface area is 75.0 Å². The molecule has 0 aliphatic heterocycles. The van der Waals surface area contributed by atoms with Crippen LogP contribution >= 0.6 is 0 Å². The van der Waals surface area contributed by atoms with Gasteiger partial charge in [-0.1, -0.05) is 13.3 Å². The van der Waals surface area contributed by atoms with E-state index in [9.17, 15) is 0 Å². The molecule has 0 bridgehead atoms. The molecule has 0 aliphatic carbocycles. The maximum Gasteiger partial charge on any atom is 0.0796 e. The highest BCUT2D eigenvalue weighted by atomic mass is 16.3. The standard InChI is InChI=1S/C6H14O2.C3H8O/c1-3-4-6(8)5(2)7;1-3(2)4/h5-8H,3-4H2,1-2H3;3-4H,1-2H3. The molecule has 76 valence electrons. The van der Waals surface area contributed by atoms with Gasteiger partial charge in [-0.15, -0.1) is 0 Å². The molecule has 0 saturated heterocycles. The van der Waals surface area contributed by atoms with Gasteiger partial charge in [0.1, 0.15) is 0 Å². The number of rotatable bonds is 3. The van der Waals surface area contributed by atoms with Crippen molar-refractivity contribution < 1.29 is 15.3 Å². The first-order chi connectivity index (χ1) is 5.41. The van der Waals surface area contributed by atoms with E-state index in [1.165, 1.54) is 0 Å². The van der Waals surface area contributed by atoms with Gasteiger partial charge in [0, 0.05) is 6.10 Å². The molecule has 0 aliphatic rings. The number of aliphatic hydroxyl groups excluding tert-OH is 3. The van der Waals surface area contributed by atoms with Crippen molar-refractivity contribution in [2.45, 2.75) is 58.8 Å². The second-order valence-corrected chi connectivity index (χ2v) is 3.19. The minimum atomic E-state index is -0.574. The van der Waals surface area contributed by atoms with Gasteiger partial charge in [0.05, 0.1) is 12.2 Å². The SMILES string of the molecule is CC(C)O.CCCC(O)C(C)O. The number of aliphatic hydroxyl groups is 3. The summed E-state index contributed by atoms with van der Waals surface area (Å²) in [6.45, 7) is 7.02. The van der Waals surface area contributed by atoms with Gasteiger partial charge in [-0.3, -0.25) is 0 Å². The molecular weight excluding hydrogens is 156 g/mol. The zero-order chi connectivity index (χ0) is 10.1. The summed E-state index contributed by atoms with van der Waals surface area (Å²) < 4.78 is 0. The van der Waals surface area contributed by atoms with Crippen molar-refractivity contribution in [3.05, 3.63) is 0 Å². The molecule has 2 unspecified atom stereocenters. The van der Waals surface area contributed by atoms with E-state index in [1.807, 2.05) is 6.92 Å². The fraction of sp³-hybridized carbons (Fsp3) is 1.00. The molecule has 0 amide bonds. The lowest BCUT2D eigenvalue weighted by atomic mass is 10.1. The monoisotopic (exact) mass is 178 g/mol.